The normalized spacial score (nSPS) is 19.1. The third-order valence-corrected chi connectivity index (χ3v) is 3.47. The monoisotopic (exact) mass is 257 g/mol. The molecular weight excluding hydrogens is 245 g/mol. The molecule has 0 radical (unpaired) electrons. The van der Waals surface area contributed by atoms with Gasteiger partial charge in [-0.2, -0.15) is 0 Å². The van der Waals surface area contributed by atoms with Gasteiger partial charge in [0.1, 0.15) is 5.82 Å². The zero-order valence-corrected chi connectivity index (χ0v) is 9.43. The van der Waals surface area contributed by atoms with E-state index in [1.807, 2.05) is 0 Å². The van der Waals surface area contributed by atoms with Crippen molar-refractivity contribution in [1.29, 1.82) is 0 Å². The number of hydrogen-bond acceptors (Lipinski definition) is 1. The lowest BCUT2D eigenvalue weighted by molar-refractivity contribution is 0.260. The van der Waals surface area contributed by atoms with Crippen molar-refractivity contribution in [3.8, 4) is 0 Å². The maximum absolute atomic E-state index is 13.4. The number of rotatable bonds is 2. The van der Waals surface area contributed by atoms with E-state index in [1.165, 1.54) is 12.5 Å². The molecule has 0 aromatic heterocycles. The molecule has 1 atom stereocenters. The molecule has 1 aromatic carbocycles. The predicted octanol–water partition coefficient (Wildman–Crippen LogP) is 3.39. The SMILES string of the molecule is N[C@H](c1cc(Br)ccc1F)C1CCC1. The van der Waals surface area contributed by atoms with Gasteiger partial charge in [-0.25, -0.2) is 4.39 Å². The lowest BCUT2D eigenvalue weighted by Crippen LogP contribution is -2.27. The molecule has 2 rings (SSSR count). The molecule has 0 heterocycles. The van der Waals surface area contributed by atoms with Crippen molar-refractivity contribution < 1.29 is 4.39 Å². The van der Waals surface area contributed by atoms with Crippen molar-refractivity contribution in [2.24, 2.45) is 11.7 Å². The van der Waals surface area contributed by atoms with Crippen LogP contribution in [-0.4, -0.2) is 0 Å². The minimum atomic E-state index is -0.187. The molecule has 1 fully saturated rings. The van der Waals surface area contributed by atoms with Gasteiger partial charge in [-0.1, -0.05) is 22.4 Å². The van der Waals surface area contributed by atoms with E-state index in [2.05, 4.69) is 15.9 Å². The van der Waals surface area contributed by atoms with Crippen molar-refractivity contribution in [3.05, 3.63) is 34.1 Å². The Kier molecular flexibility index (Phi) is 2.88. The molecule has 1 aliphatic rings. The number of hydrogen-bond donors (Lipinski definition) is 1. The second-order valence-electron chi connectivity index (χ2n) is 3.88. The summed E-state index contributed by atoms with van der Waals surface area (Å²) in [6, 6.07) is 4.82. The Morgan fingerprint density at radius 1 is 1.43 bits per heavy atom. The van der Waals surface area contributed by atoms with Gasteiger partial charge in [0.15, 0.2) is 0 Å². The van der Waals surface area contributed by atoms with Crippen LogP contribution in [0.25, 0.3) is 0 Å². The summed E-state index contributed by atoms with van der Waals surface area (Å²) in [7, 11) is 0. The summed E-state index contributed by atoms with van der Waals surface area (Å²) < 4.78 is 14.3. The topological polar surface area (TPSA) is 26.0 Å². The Labute approximate surface area is 91.6 Å². The second-order valence-corrected chi connectivity index (χ2v) is 4.80. The van der Waals surface area contributed by atoms with Gasteiger partial charge in [0.25, 0.3) is 0 Å². The molecule has 1 nitrogen and oxygen atoms in total. The van der Waals surface area contributed by atoms with Gasteiger partial charge < -0.3 is 5.73 Å². The molecule has 1 saturated carbocycles. The van der Waals surface area contributed by atoms with Crippen LogP contribution < -0.4 is 5.73 Å². The Morgan fingerprint density at radius 2 is 2.14 bits per heavy atom. The zero-order valence-electron chi connectivity index (χ0n) is 7.84. The van der Waals surface area contributed by atoms with E-state index in [-0.39, 0.29) is 11.9 Å². The Bertz CT molecular complexity index is 336. The van der Waals surface area contributed by atoms with Crippen LogP contribution in [-0.2, 0) is 0 Å². The van der Waals surface area contributed by atoms with Crippen LogP contribution in [0.1, 0.15) is 30.9 Å². The van der Waals surface area contributed by atoms with Gasteiger partial charge >= 0.3 is 0 Å². The molecule has 14 heavy (non-hydrogen) atoms. The average molecular weight is 258 g/mol. The van der Waals surface area contributed by atoms with Gasteiger partial charge in [0.2, 0.25) is 0 Å². The summed E-state index contributed by atoms with van der Waals surface area (Å²) in [5, 5.41) is 0. The fourth-order valence-corrected chi connectivity index (χ4v) is 2.20. The largest absolute Gasteiger partial charge is 0.324 e. The fourth-order valence-electron chi connectivity index (χ4n) is 1.82. The van der Waals surface area contributed by atoms with Crippen molar-refractivity contribution in [2.45, 2.75) is 25.3 Å². The van der Waals surface area contributed by atoms with Crippen molar-refractivity contribution in [2.75, 3.05) is 0 Å². The minimum Gasteiger partial charge on any atom is -0.324 e. The first-order valence-corrected chi connectivity index (χ1v) is 5.68. The maximum Gasteiger partial charge on any atom is 0.128 e. The van der Waals surface area contributed by atoms with E-state index in [0.29, 0.717) is 11.5 Å². The van der Waals surface area contributed by atoms with Crippen molar-refractivity contribution in [1.82, 2.24) is 0 Å². The molecule has 1 aliphatic carbocycles. The number of halogens is 2. The van der Waals surface area contributed by atoms with E-state index in [4.69, 9.17) is 5.73 Å². The molecular formula is C11H13BrFN. The van der Waals surface area contributed by atoms with Crippen molar-refractivity contribution >= 4 is 15.9 Å². The molecule has 0 aliphatic heterocycles. The minimum absolute atomic E-state index is 0.138. The van der Waals surface area contributed by atoms with Crippen LogP contribution in [0.2, 0.25) is 0 Å². The van der Waals surface area contributed by atoms with Crippen LogP contribution in [0.15, 0.2) is 22.7 Å². The van der Waals surface area contributed by atoms with Gasteiger partial charge in [0, 0.05) is 16.1 Å². The number of nitrogens with two attached hydrogens (primary N) is 1. The zero-order chi connectivity index (χ0) is 10.1. The molecule has 0 unspecified atom stereocenters. The summed E-state index contributed by atoms with van der Waals surface area (Å²) in [4.78, 5) is 0. The van der Waals surface area contributed by atoms with Gasteiger partial charge in [0.05, 0.1) is 0 Å². The quantitative estimate of drug-likeness (QED) is 0.864. The highest BCUT2D eigenvalue weighted by atomic mass is 79.9. The molecule has 3 heteroatoms. The molecule has 76 valence electrons. The molecule has 0 amide bonds. The summed E-state index contributed by atoms with van der Waals surface area (Å²) in [5.74, 6) is 0.284. The molecule has 2 N–H and O–H groups in total. The van der Waals surface area contributed by atoms with Crippen LogP contribution in [0.5, 0.6) is 0 Å². The standard InChI is InChI=1S/C11H13BrFN/c12-8-4-5-10(13)9(6-8)11(14)7-2-1-3-7/h4-7,11H,1-3,14H2/t11-/m0/s1. The molecule has 0 spiro atoms. The first-order valence-electron chi connectivity index (χ1n) is 4.89. The Hall–Kier alpha value is -0.410. The van der Waals surface area contributed by atoms with Crippen LogP contribution in [0.3, 0.4) is 0 Å². The lowest BCUT2D eigenvalue weighted by Gasteiger charge is -2.31. The van der Waals surface area contributed by atoms with Gasteiger partial charge in [-0.3, -0.25) is 0 Å². The summed E-state index contributed by atoms with van der Waals surface area (Å²) in [6.45, 7) is 0. The first-order chi connectivity index (χ1) is 6.68. The van der Waals surface area contributed by atoms with E-state index < -0.39 is 0 Å². The number of benzene rings is 1. The maximum atomic E-state index is 13.4. The smallest absolute Gasteiger partial charge is 0.128 e. The van der Waals surface area contributed by atoms with Crippen LogP contribution in [0, 0.1) is 11.7 Å². The fraction of sp³-hybridized carbons (Fsp3) is 0.455. The molecule has 1 aromatic rings. The second kappa shape index (κ2) is 3.99. The van der Waals surface area contributed by atoms with Crippen molar-refractivity contribution in [3.63, 3.8) is 0 Å². The Morgan fingerprint density at radius 3 is 2.71 bits per heavy atom. The van der Waals surface area contributed by atoms with Crippen LogP contribution >= 0.6 is 15.9 Å². The third-order valence-electron chi connectivity index (χ3n) is 2.97. The van der Waals surface area contributed by atoms with Gasteiger partial charge in [-0.05, 0) is 37.0 Å². The summed E-state index contributed by atoms with van der Waals surface area (Å²) in [6.07, 6.45) is 3.49. The van der Waals surface area contributed by atoms with E-state index in [1.54, 1.807) is 12.1 Å². The lowest BCUT2D eigenvalue weighted by atomic mass is 9.77. The highest BCUT2D eigenvalue weighted by Crippen LogP contribution is 2.37. The predicted molar refractivity (Wildman–Crippen MR) is 58.4 cm³/mol. The summed E-state index contributed by atoms with van der Waals surface area (Å²) in [5.41, 5.74) is 6.65. The highest BCUT2D eigenvalue weighted by molar-refractivity contribution is 9.10. The van der Waals surface area contributed by atoms with Gasteiger partial charge in [-0.15, -0.1) is 0 Å². The third kappa shape index (κ3) is 1.84. The molecule has 0 bridgehead atoms. The van der Waals surface area contributed by atoms with Crippen LogP contribution in [0.4, 0.5) is 4.39 Å². The van der Waals surface area contributed by atoms with E-state index in [9.17, 15) is 4.39 Å². The summed E-state index contributed by atoms with van der Waals surface area (Å²) >= 11 is 3.33. The van der Waals surface area contributed by atoms with E-state index in [0.717, 1.165) is 17.3 Å². The van der Waals surface area contributed by atoms with E-state index >= 15 is 0 Å². The average Bonchev–Trinajstić information content (AvgIpc) is 2.06. The Balaban J connectivity index is 2.24. The molecule has 0 saturated heterocycles. The highest BCUT2D eigenvalue weighted by Gasteiger charge is 2.27. The first kappa shape index (κ1) is 10.1.